The monoisotopic (exact) mass is 481 g/mol. The summed E-state index contributed by atoms with van der Waals surface area (Å²) in [5.74, 6) is -0.571. The quantitative estimate of drug-likeness (QED) is 0.235. The predicted octanol–water partition coefficient (Wildman–Crippen LogP) is 6.68. The van der Waals surface area contributed by atoms with Gasteiger partial charge in [0.25, 0.3) is 5.95 Å². The summed E-state index contributed by atoms with van der Waals surface area (Å²) < 4.78 is 53.0. The summed E-state index contributed by atoms with van der Waals surface area (Å²) in [6.45, 7) is 2.04. The minimum atomic E-state index is -4.42. The molecule has 1 N–H and O–H groups in total. The van der Waals surface area contributed by atoms with E-state index in [1.807, 2.05) is 6.92 Å². The molecule has 0 saturated carbocycles. The van der Waals surface area contributed by atoms with E-state index in [0.717, 1.165) is 23.9 Å². The fraction of sp³-hybridized carbons (Fsp3) is 0.167. The zero-order valence-electron chi connectivity index (χ0n) is 18.5. The van der Waals surface area contributed by atoms with E-state index in [-0.39, 0.29) is 18.2 Å². The topological polar surface area (TPSA) is 88.3 Å². The molecule has 4 aromatic rings. The van der Waals surface area contributed by atoms with E-state index in [1.54, 1.807) is 30.6 Å². The van der Waals surface area contributed by atoms with E-state index in [2.05, 4.69) is 35.5 Å². The van der Waals surface area contributed by atoms with Crippen LogP contribution in [-0.4, -0.2) is 19.9 Å². The first-order valence-electron chi connectivity index (χ1n) is 10.6. The maximum Gasteiger partial charge on any atom is 0.416 e. The Morgan fingerprint density at radius 2 is 1.83 bits per heavy atom. The summed E-state index contributed by atoms with van der Waals surface area (Å²) in [5.41, 5.74) is 2.21. The molecule has 0 bridgehead atoms. The second-order valence-corrected chi connectivity index (χ2v) is 7.39. The number of hydrogen-bond donors (Lipinski definition) is 1. The average Bonchev–Trinajstić information content (AvgIpc) is 2.86. The molecule has 0 aliphatic heterocycles. The number of azo groups is 1. The van der Waals surface area contributed by atoms with Gasteiger partial charge < -0.3 is 5.32 Å². The molecule has 3 heterocycles. The number of alkyl halides is 3. The van der Waals surface area contributed by atoms with Gasteiger partial charge in [0.15, 0.2) is 5.82 Å². The van der Waals surface area contributed by atoms with Gasteiger partial charge in [0.05, 0.1) is 29.3 Å². The number of rotatable bonds is 7. The lowest BCUT2D eigenvalue weighted by atomic mass is 10.1. The minimum absolute atomic E-state index is 0.00287. The molecule has 0 aliphatic carbocycles. The van der Waals surface area contributed by atoms with Crippen molar-refractivity contribution in [3.8, 4) is 11.3 Å². The van der Waals surface area contributed by atoms with Crippen LogP contribution in [0.1, 0.15) is 23.7 Å². The molecule has 0 fully saturated rings. The van der Waals surface area contributed by atoms with Crippen LogP contribution in [0.25, 0.3) is 11.3 Å². The van der Waals surface area contributed by atoms with Gasteiger partial charge in [-0.15, -0.1) is 5.11 Å². The van der Waals surface area contributed by atoms with Crippen molar-refractivity contribution in [3.05, 3.63) is 89.9 Å². The van der Waals surface area contributed by atoms with Gasteiger partial charge in [0.1, 0.15) is 12.2 Å². The third-order valence-corrected chi connectivity index (χ3v) is 4.97. The Morgan fingerprint density at radius 1 is 0.971 bits per heavy atom. The number of benzene rings is 1. The lowest BCUT2D eigenvalue weighted by molar-refractivity contribution is -0.137. The Balaban J connectivity index is 1.42. The van der Waals surface area contributed by atoms with Crippen molar-refractivity contribution in [2.24, 2.45) is 10.2 Å². The molecule has 35 heavy (non-hydrogen) atoms. The highest BCUT2D eigenvalue weighted by Crippen LogP contribution is 2.31. The summed E-state index contributed by atoms with van der Waals surface area (Å²) in [7, 11) is 0. The molecular formula is C24H19F4N7. The Morgan fingerprint density at radius 3 is 2.57 bits per heavy atom. The molecule has 0 amide bonds. The first-order chi connectivity index (χ1) is 16.8. The molecule has 0 spiro atoms. The standard InChI is InChI=1S/C24H19F4N7/c1-2-15-11-29-9-8-20(15)22-21(25)14-31-23(34-22)35-32-13-18-6-7-19(12-30-18)33-17-5-3-4-16(10-17)24(26,27)28/h3-12,14,33H,2,13H2,1H3. The van der Waals surface area contributed by atoms with Gasteiger partial charge in [-0.25, -0.2) is 14.4 Å². The van der Waals surface area contributed by atoms with E-state index >= 15 is 0 Å². The highest BCUT2D eigenvalue weighted by Gasteiger charge is 2.30. The molecule has 11 heteroatoms. The zero-order chi connectivity index (χ0) is 24.8. The number of halogens is 4. The molecule has 4 rings (SSSR count). The smallest absolute Gasteiger partial charge is 0.354 e. The highest BCUT2D eigenvalue weighted by atomic mass is 19.4. The molecule has 0 saturated heterocycles. The molecule has 0 unspecified atom stereocenters. The van der Waals surface area contributed by atoms with Crippen LogP contribution in [0.5, 0.6) is 0 Å². The van der Waals surface area contributed by atoms with Crippen LogP contribution in [-0.2, 0) is 19.1 Å². The van der Waals surface area contributed by atoms with Gasteiger partial charge in [-0.3, -0.25) is 9.97 Å². The van der Waals surface area contributed by atoms with Gasteiger partial charge in [-0.2, -0.15) is 18.3 Å². The van der Waals surface area contributed by atoms with Crippen molar-refractivity contribution in [1.29, 1.82) is 0 Å². The van der Waals surface area contributed by atoms with Crippen LogP contribution in [0.4, 0.5) is 34.9 Å². The van der Waals surface area contributed by atoms with Crippen molar-refractivity contribution >= 4 is 17.3 Å². The van der Waals surface area contributed by atoms with E-state index < -0.39 is 17.6 Å². The van der Waals surface area contributed by atoms with Crippen molar-refractivity contribution in [2.45, 2.75) is 26.1 Å². The fourth-order valence-corrected chi connectivity index (χ4v) is 3.24. The average molecular weight is 481 g/mol. The van der Waals surface area contributed by atoms with Crippen LogP contribution in [0.15, 0.2) is 77.5 Å². The van der Waals surface area contributed by atoms with Crippen LogP contribution in [0.2, 0.25) is 0 Å². The maximum atomic E-state index is 14.3. The Kier molecular flexibility index (Phi) is 7.04. The first-order valence-corrected chi connectivity index (χ1v) is 10.6. The summed E-state index contributed by atoms with van der Waals surface area (Å²) in [6.07, 6.45) is 1.99. The van der Waals surface area contributed by atoms with Gasteiger partial charge in [-0.1, -0.05) is 13.0 Å². The SMILES string of the molecule is CCc1cnccc1-c1nc(N=NCc2ccc(Nc3cccc(C(F)(F)F)c3)cn2)ncc1F. The van der Waals surface area contributed by atoms with E-state index in [1.165, 1.54) is 18.3 Å². The largest absolute Gasteiger partial charge is 0.416 e. The summed E-state index contributed by atoms with van der Waals surface area (Å²) in [6, 6.07) is 9.90. The second-order valence-electron chi connectivity index (χ2n) is 7.39. The normalized spacial score (nSPS) is 11.7. The van der Waals surface area contributed by atoms with Crippen LogP contribution in [0, 0.1) is 5.82 Å². The molecule has 3 aromatic heterocycles. The number of aromatic nitrogens is 4. The molecule has 1 aromatic carbocycles. The Labute approximate surface area is 198 Å². The molecule has 0 radical (unpaired) electrons. The van der Waals surface area contributed by atoms with Crippen LogP contribution in [0.3, 0.4) is 0 Å². The van der Waals surface area contributed by atoms with Crippen molar-refractivity contribution < 1.29 is 17.6 Å². The van der Waals surface area contributed by atoms with Gasteiger partial charge in [-0.05, 0) is 48.4 Å². The van der Waals surface area contributed by atoms with Crippen molar-refractivity contribution in [3.63, 3.8) is 0 Å². The van der Waals surface area contributed by atoms with Gasteiger partial charge in [0.2, 0.25) is 0 Å². The highest BCUT2D eigenvalue weighted by molar-refractivity contribution is 5.64. The number of aryl methyl sites for hydroxylation is 1. The van der Waals surface area contributed by atoms with Crippen LogP contribution < -0.4 is 5.32 Å². The zero-order valence-corrected chi connectivity index (χ0v) is 18.5. The third kappa shape index (κ3) is 5.99. The van der Waals surface area contributed by atoms with Crippen molar-refractivity contribution in [2.75, 3.05) is 5.32 Å². The fourth-order valence-electron chi connectivity index (χ4n) is 3.24. The third-order valence-electron chi connectivity index (χ3n) is 4.97. The predicted molar refractivity (Wildman–Crippen MR) is 122 cm³/mol. The van der Waals surface area contributed by atoms with Gasteiger partial charge in [0, 0.05) is 23.6 Å². The summed E-state index contributed by atoms with van der Waals surface area (Å²) in [5, 5.41) is 10.9. The summed E-state index contributed by atoms with van der Waals surface area (Å²) >= 11 is 0. The second kappa shape index (κ2) is 10.3. The molecule has 7 nitrogen and oxygen atoms in total. The lowest BCUT2D eigenvalue weighted by Gasteiger charge is -2.10. The number of nitrogens with zero attached hydrogens (tertiary/aromatic N) is 6. The minimum Gasteiger partial charge on any atom is -0.354 e. The number of anilines is 2. The van der Waals surface area contributed by atoms with Gasteiger partial charge >= 0.3 is 6.18 Å². The summed E-state index contributed by atoms with van der Waals surface area (Å²) in [4.78, 5) is 16.3. The Bertz CT molecular complexity index is 1340. The number of hydrogen-bond acceptors (Lipinski definition) is 7. The van der Waals surface area contributed by atoms with E-state index in [9.17, 15) is 17.6 Å². The lowest BCUT2D eigenvalue weighted by Crippen LogP contribution is -2.05. The number of pyridine rings is 2. The van der Waals surface area contributed by atoms with Crippen molar-refractivity contribution in [1.82, 2.24) is 19.9 Å². The molecule has 178 valence electrons. The van der Waals surface area contributed by atoms with E-state index in [4.69, 9.17) is 0 Å². The van der Waals surface area contributed by atoms with E-state index in [0.29, 0.717) is 29.1 Å². The Hall–Kier alpha value is -4.28. The maximum absolute atomic E-state index is 14.3. The molecular weight excluding hydrogens is 462 g/mol. The molecule has 0 atom stereocenters. The first kappa shape index (κ1) is 23.9. The molecule has 0 aliphatic rings. The number of nitrogens with one attached hydrogen (secondary N) is 1. The van der Waals surface area contributed by atoms with Crippen LogP contribution >= 0.6 is 0 Å².